The lowest BCUT2D eigenvalue weighted by Crippen LogP contribution is -2.24. The van der Waals surface area contributed by atoms with Gasteiger partial charge in [-0.1, -0.05) is 39.0 Å². The number of carbonyl (C=O) groups is 1. The third-order valence-corrected chi connectivity index (χ3v) is 4.32. The molecule has 0 aromatic heterocycles. The van der Waals surface area contributed by atoms with Crippen LogP contribution in [0.25, 0.3) is 0 Å². The monoisotopic (exact) mass is 318 g/mol. The number of nitrogens with zero attached hydrogens (tertiary/aromatic N) is 2. The normalized spacial score (nSPS) is 16.3. The number of hydrogen-bond acceptors (Lipinski definition) is 3. The minimum absolute atomic E-state index is 0.105. The minimum atomic E-state index is -1.11. The average Bonchev–Trinajstić information content (AvgIpc) is 2.56. The topological polar surface area (TPSA) is 64.3 Å². The summed E-state index contributed by atoms with van der Waals surface area (Å²) in [5.74, 6) is -1.11. The molecule has 1 heterocycles. The molecule has 1 aliphatic rings. The van der Waals surface area contributed by atoms with Crippen molar-refractivity contribution in [3.8, 4) is 6.07 Å². The standard InChI is InChI=1S/C19H30N2O2/c1-2-3-4-5-6-8-11-17(18(16-20)19(22)23)12-15-21-13-9-7-10-14-21/h12,15H,2-11,13-14H2,1H3,(H,22,23). The maximum absolute atomic E-state index is 11.3. The molecule has 0 bridgehead atoms. The van der Waals surface area contributed by atoms with Crippen LogP contribution in [-0.4, -0.2) is 29.1 Å². The average molecular weight is 318 g/mol. The number of unbranched alkanes of at least 4 members (excludes halogenated alkanes) is 5. The highest BCUT2D eigenvalue weighted by atomic mass is 16.4. The van der Waals surface area contributed by atoms with Crippen LogP contribution in [0.3, 0.4) is 0 Å². The van der Waals surface area contributed by atoms with E-state index in [1.165, 1.54) is 44.9 Å². The van der Waals surface area contributed by atoms with E-state index in [2.05, 4.69) is 11.8 Å². The first-order valence-electron chi connectivity index (χ1n) is 8.97. The van der Waals surface area contributed by atoms with Crippen molar-refractivity contribution in [2.75, 3.05) is 13.1 Å². The summed E-state index contributed by atoms with van der Waals surface area (Å²) in [6.07, 6.45) is 15.1. The molecule has 0 saturated carbocycles. The van der Waals surface area contributed by atoms with Gasteiger partial charge in [-0.25, -0.2) is 4.79 Å². The Bertz CT molecular complexity index is 454. The number of carboxylic acids is 1. The van der Waals surface area contributed by atoms with Gasteiger partial charge in [0.05, 0.1) is 0 Å². The van der Waals surface area contributed by atoms with E-state index < -0.39 is 5.97 Å². The van der Waals surface area contributed by atoms with Gasteiger partial charge in [-0.15, -0.1) is 0 Å². The Hall–Kier alpha value is -1.76. The molecule has 0 amide bonds. The van der Waals surface area contributed by atoms with Crippen LogP contribution in [0.2, 0.25) is 0 Å². The molecule has 0 unspecified atom stereocenters. The second-order valence-electron chi connectivity index (χ2n) is 6.25. The van der Waals surface area contributed by atoms with Gasteiger partial charge >= 0.3 is 5.97 Å². The van der Waals surface area contributed by atoms with Crippen LogP contribution in [0.5, 0.6) is 0 Å². The number of carboxylic acid groups (broad SMARTS) is 1. The highest BCUT2D eigenvalue weighted by molar-refractivity contribution is 5.92. The first-order valence-corrected chi connectivity index (χ1v) is 8.97. The Morgan fingerprint density at radius 3 is 2.39 bits per heavy atom. The number of aliphatic carboxylic acids is 1. The number of piperidine rings is 1. The summed E-state index contributed by atoms with van der Waals surface area (Å²) < 4.78 is 0. The van der Waals surface area contributed by atoms with Crippen molar-refractivity contribution in [2.45, 2.75) is 71.1 Å². The molecule has 0 aliphatic carbocycles. The fourth-order valence-corrected chi connectivity index (χ4v) is 2.91. The largest absolute Gasteiger partial charge is 0.477 e. The number of nitriles is 1. The second kappa shape index (κ2) is 11.8. The van der Waals surface area contributed by atoms with Gasteiger partial charge < -0.3 is 10.0 Å². The molecule has 1 aliphatic heterocycles. The van der Waals surface area contributed by atoms with E-state index in [1.807, 2.05) is 18.3 Å². The predicted molar refractivity (Wildman–Crippen MR) is 92.8 cm³/mol. The first-order chi connectivity index (χ1) is 11.2. The Morgan fingerprint density at radius 2 is 1.78 bits per heavy atom. The lowest BCUT2D eigenvalue weighted by molar-refractivity contribution is -0.132. The van der Waals surface area contributed by atoms with Gasteiger partial charge in [0.15, 0.2) is 0 Å². The molecule has 1 rings (SSSR count). The smallest absolute Gasteiger partial charge is 0.346 e. The first kappa shape index (κ1) is 19.3. The van der Waals surface area contributed by atoms with E-state index in [9.17, 15) is 9.90 Å². The van der Waals surface area contributed by atoms with Crippen LogP contribution in [0, 0.1) is 11.3 Å². The highest BCUT2D eigenvalue weighted by Crippen LogP contribution is 2.18. The molecule has 1 fully saturated rings. The summed E-state index contributed by atoms with van der Waals surface area (Å²) in [7, 11) is 0. The molecular formula is C19H30N2O2. The van der Waals surface area contributed by atoms with Gasteiger partial charge in [0.25, 0.3) is 0 Å². The maximum Gasteiger partial charge on any atom is 0.346 e. The fourth-order valence-electron chi connectivity index (χ4n) is 2.91. The summed E-state index contributed by atoms with van der Waals surface area (Å²) in [5, 5.41) is 18.4. The van der Waals surface area contributed by atoms with Crippen LogP contribution in [-0.2, 0) is 4.79 Å². The molecule has 1 saturated heterocycles. The van der Waals surface area contributed by atoms with Crippen molar-refractivity contribution in [1.29, 1.82) is 5.26 Å². The Labute approximate surface area is 140 Å². The van der Waals surface area contributed by atoms with Gasteiger partial charge in [0.1, 0.15) is 11.6 Å². The predicted octanol–water partition coefficient (Wildman–Crippen LogP) is 4.64. The van der Waals surface area contributed by atoms with E-state index in [0.29, 0.717) is 12.0 Å². The van der Waals surface area contributed by atoms with Crippen LogP contribution < -0.4 is 0 Å². The van der Waals surface area contributed by atoms with Crippen molar-refractivity contribution in [1.82, 2.24) is 4.90 Å². The Kier molecular flexibility index (Phi) is 9.86. The van der Waals surface area contributed by atoms with Gasteiger partial charge in [-0.05, 0) is 50.0 Å². The van der Waals surface area contributed by atoms with Gasteiger partial charge in [0.2, 0.25) is 0 Å². The summed E-state index contributed by atoms with van der Waals surface area (Å²) in [5.41, 5.74) is 0.563. The minimum Gasteiger partial charge on any atom is -0.477 e. The number of allylic oxidation sites excluding steroid dienone is 2. The highest BCUT2D eigenvalue weighted by Gasteiger charge is 2.13. The van der Waals surface area contributed by atoms with Gasteiger partial charge in [-0.3, -0.25) is 0 Å². The van der Waals surface area contributed by atoms with E-state index in [1.54, 1.807) is 0 Å². The van der Waals surface area contributed by atoms with Gasteiger partial charge in [0, 0.05) is 13.1 Å². The summed E-state index contributed by atoms with van der Waals surface area (Å²) in [6.45, 7) is 4.24. The van der Waals surface area contributed by atoms with E-state index in [4.69, 9.17) is 5.26 Å². The van der Waals surface area contributed by atoms with Crippen molar-refractivity contribution in [3.05, 3.63) is 23.4 Å². The zero-order chi connectivity index (χ0) is 16.9. The molecule has 0 atom stereocenters. The molecule has 23 heavy (non-hydrogen) atoms. The number of rotatable bonds is 10. The van der Waals surface area contributed by atoms with Gasteiger partial charge in [-0.2, -0.15) is 5.26 Å². The SMILES string of the molecule is CCCCCCCCC(C=CN1CCCCC1)=C(C#N)C(=O)O. The summed E-state index contributed by atoms with van der Waals surface area (Å²) in [6, 6.07) is 1.86. The summed E-state index contributed by atoms with van der Waals surface area (Å²) >= 11 is 0. The van der Waals surface area contributed by atoms with E-state index in [0.717, 1.165) is 25.9 Å². The molecule has 1 N–H and O–H groups in total. The lowest BCUT2D eigenvalue weighted by Gasteiger charge is -2.25. The molecule has 0 spiro atoms. The molecular weight excluding hydrogens is 288 g/mol. The van der Waals surface area contributed by atoms with E-state index in [-0.39, 0.29) is 5.57 Å². The lowest BCUT2D eigenvalue weighted by atomic mass is 10.0. The quantitative estimate of drug-likeness (QED) is 0.276. The zero-order valence-corrected chi connectivity index (χ0v) is 14.4. The van der Waals surface area contributed by atoms with Crippen molar-refractivity contribution < 1.29 is 9.90 Å². The van der Waals surface area contributed by atoms with Crippen molar-refractivity contribution in [2.24, 2.45) is 0 Å². The van der Waals surface area contributed by atoms with E-state index >= 15 is 0 Å². The molecule has 0 radical (unpaired) electrons. The van der Waals surface area contributed by atoms with Crippen molar-refractivity contribution >= 4 is 5.97 Å². The maximum atomic E-state index is 11.3. The van der Waals surface area contributed by atoms with Crippen LogP contribution in [0.15, 0.2) is 23.4 Å². The van der Waals surface area contributed by atoms with Crippen LogP contribution >= 0.6 is 0 Å². The third-order valence-electron chi connectivity index (χ3n) is 4.32. The second-order valence-corrected chi connectivity index (χ2v) is 6.25. The van der Waals surface area contributed by atoms with Crippen molar-refractivity contribution in [3.63, 3.8) is 0 Å². The molecule has 0 aromatic rings. The number of hydrogen-bond donors (Lipinski definition) is 1. The Balaban J connectivity index is 2.61. The molecule has 128 valence electrons. The summed E-state index contributed by atoms with van der Waals surface area (Å²) in [4.78, 5) is 13.5. The number of likely N-dealkylation sites (tertiary alicyclic amines) is 1. The fraction of sp³-hybridized carbons (Fsp3) is 0.684. The molecule has 4 heteroatoms. The Morgan fingerprint density at radius 1 is 1.13 bits per heavy atom. The molecule has 4 nitrogen and oxygen atoms in total. The van der Waals surface area contributed by atoms with Crippen LogP contribution in [0.4, 0.5) is 0 Å². The zero-order valence-electron chi connectivity index (χ0n) is 14.4. The third kappa shape index (κ3) is 7.88. The van der Waals surface area contributed by atoms with Crippen LogP contribution in [0.1, 0.15) is 71.1 Å². The molecule has 0 aromatic carbocycles.